The van der Waals surface area contributed by atoms with Gasteiger partial charge in [0.15, 0.2) is 0 Å². The molecule has 0 aliphatic carbocycles. The molecule has 9 heteroatoms. The second-order valence-electron chi connectivity index (χ2n) is 7.03. The third kappa shape index (κ3) is 3.98. The van der Waals surface area contributed by atoms with Crippen molar-refractivity contribution in [3.05, 3.63) is 77.2 Å². The summed E-state index contributed by atoms with van der Waals surface area (Å²) in [7, 11) is 0. The summed E-state index contributed by atoms with van der Waals surface area (Å²) in [5.41, 5.74) is 0.282. The molecule has 1 amide bonds. The molecular weight excluding hydrogens is 409 g/mol. The molecule has 6 nitrogen and oxygen atoms in total. The van der Waals surface area contributed by atoms with Crippen molar-refractivity contribution >= 4 is 17.0 Å². The highest BCUT2D eigenvalue weighted by Crippen LogP contribution is 2.37. The number of carbonyl (C=O) groups excluding carboxylic acids is 1. The number of aryl methyl sites for hydroxylation is 1. The van der Waals surface area contributed by atoms with E-state index in [-0.39, 0.29) is 28.6 Å². The monoisotopic (exact) mass is 426 g/mol. The fourth-order valence-corrected chi connectivity index (χ4v) is 3.36. The van der Waals surface area contributed by atoms with Gasteiger partial charge in [0, 0.05) is 18.0 Å². The van der Waals surface area contributed by atoms with Gasteiger partial charge in [-0.3, -0.25) is 9.78 Å². The Morgan fingerprint density at radius 3 is 2.65 bits per heavy atom. The number of aromatic nitrogens is 3. The van der Waals surface area contributed by atoms with E-state index in [0.717, 1.165) is 11.6 Å². The van der Waals surface area contributed by atoms with Crippen LogP contribution >= 0.6 is 0 Å². The average Bonchev–Trinajstić information content (AvgIpc) is 3.14. The zero-order valence-electron chi connectivity index (χ0n) is 16.6. The molecule has 4 rings (SSSR count). The number of nitrogens with zero attached hydrogens (tertiary/aromatic N) is 3. The molecule has 3 heterocycles. The van der Waals surface area contributed by atoms with Crippen molar-refractivity contribution in [3.8, 4) is 11.3 Å². The third-order valence-electron chi connectivity index (χ3n) is 4.90. The van der Waals surface area contributed by atoms with E-state index in [2.05, 4.69) is 20.4 Å². The molecule has 0 saturated heterocycles. The highest BCUT2D eigenvalue weighted by atomic mass is 19.4. The summed E-state index contributed by atoms with van der Waals surface area (Å²) < 4.78 is 45.8. The van der Waals surface area contributed by atoms with Crippen LogP contribution in [0, 0.1) is 6.92 Å². The van der Waals surface area contributed by atoms with Crippen LogP contribution in [0.3, 0.4) is 0 Å². The Bertz CT molecular complexity index is 1250. The summed E-state index contributed by atoms with van der Waals surface area (Å²) in [5, 5.41) is 7.03. The van der Waals surface area contributed by atoms with Gasteiger partial charge in [0.1, 0.15) is 0 Å². The number of hydrogen-bond acceptors (Lipinski definition) is 5. The third-order valence-corrected chi connectivity index (χ3v) is 4.90. The van der Waals surface area contributed by atoms with Gasteiger partial charge < -0.3 is 9.84 Å². The summed E-state index contributed by atoms with van der Waals surface area (Å²) in [6.45, 7) is 3.42. The maximum absolute atomic E-state index is 13.5. The van der Waals surface area contributed by atoms with Crippen molar-refractivity contribution in [2.75, 3.05) is 0 Å². The first kappa shape index (κ1) is 20.5. The van der Waals surface area contributed by atoms with Crippen LogP contribution in [0.25, 0.3) is 22.4 Å². The fourth-order valence-electron chi connectivity index (χ4n) is 3.36. The first-order valence-corrected chi connectivity index (χ1v) is 9.40. The SMILES string of the molecule is Cc1noc2nc(-c3ccccc3C(F)(F)F)cc(C(=O)NC(C)c3cccnc3)c12. The lowest BCUT2D eigenvalue weighted by molar-refractivity contribution is -0.137. The van der Waals surface area contributed by atoms with Crippen molar-refractivity contribution in [2.24, 2.45) is 0 Å². The molecule has 0 aliphatic heterocycles. The van der Waals surface area contributed by atoms with Crippen LogP contribution in [0.15, 0.2) is 59.4 Å². The van der Waals surface area contributed by atoms with Gasteiger partial charge >= 0.3 is 6.18 Å². The lowest BCUT2D eigenvalue weighted by atomic mass is 10.00. The summed E-state index contributed by atoms with van der Waals surface area (Å²) >= 11 is 0. The highest BCUT2D eigenvalue weighted by molar-refractivity contribution is 6.07. The molecule has 31 heavy (non-hydrogen) atoms. The Morgan fingerprint density at radius 1 is 1.16 bits per heavy atom. The van der Waals surface area contributed by atoms with Gasteiger partial charge in [-0.2, -0.15) is 13.2 Å². The predicted molar refractivity (Wildman–Crippen MR) is 107 cm³/mol. The van der Waals surface area contributed by atoms with E-state index in [1.807, 2.05) is 6.07 Å². The summed E-state index contributed by atoms with van der Waals surface area (Å²) in [5.74, 6) is -0.485. The summed E-state index contributed by atoms with van der Waals surface area (Å²) in [6, 6.07) is 9.57. The molecule has 0 radical (unpaired) electrons. The molecule has 0 saturated carbocycles. The van der Waals surface area contributed by atoms with Crippen LogP contribution in [-0.2, 0) is 6.18 Å². The standard InChI is InChI=1S/C22H17F3N4O2/c1-12(14-6-5-9-26-11-14)27-20(30)16-10-18(28-21-19(16)13(2)29-31-21)15-7-3-4-8-17(15)22(23,24)25/h3-12H,1-2H3,(H,27,30). The summed E-state index contributed by atoms with van der Waals surface area (Å²) in [6.07, 6.45) is -1.33. The largest absolute Gasteiger partial charge is 0.417 e. The van der Waals surface area contributed by atoms with E-state index in [1.54, 1.807) is 32.3 Å². The molecule has 158 valence electrons. The Morgan fingerprint density at radius 2 is 1.94 bits per heavy atom. The number of pyridine rings is 2. The molecule has 0 fully saturated rings. The Balaban J connectivity index is 1.81. The van der Waals surface area contributed by atoms with Gasteiger partial charge in [0.2, 0.25) is 0 Å². The lowest BCUT2D eigenvalue weighted by Crippen LogP contribution is -2.27. The number of halogens is 3. The molecule has 1 unspecified atom stereocenters. The van der Waals surface area contributed by atoms with E-state index in [1.165, 1.54) is 24.3 Å². The number of benzene rings is 1. The van der Waals surface area contributed by atoms with Gasteiger partial charge in [-0.1, -0.05) is 29.4 Å². The van der Waals surface area contributed by atoms with Crippen LogP contribution in [-0.4, -0.2) is 21.0 Å². The van der Waals surface area contributed by atoms with E-state index in [4.69, 9.17) is 4.52 Å². The van der Waals surface area contributed by atoms with Gasteiger partial charge in [-0.05, 0) is 37.6 Å². The zero-order chi connectivity index (χ0) is 22.2. The number of rotatable bonds is 4. The minimum atomic E-state index is -4.58. The molecule has 1 N–H and O–H groups in total. The smallest absolute Gasteiger partial charge is 0.345 e. The zero-order valence-corrected chi connectivity index (χ0v) is 16.6. The number of nitrogens with one attached hydrogen (secondary N) is 1. The van der Waals surface area contributed by atoms with E-state index >= 15 is 0 Å². The van der Waals surface area contributed by atoms with Crippen LogP contribution < -0.4 is 5.32 Å². The van der Waals surface area contributed by atoms with Crippen LogP contribution in [0.2, 0.25) is 0 Å². The maximum atomic E-state index is 13.5. The normalized spacial score (nSPS) is 12.7. The second-order valence-corrected chi connectivity index (χ2v) is 7.03. The summed E-state index contributed by atoms with van der Waals surface area (Å²) in [4.78, 5) is 21.3. The molecular formula is C22H17F3N4O2. The van der Waals surface area contributed by atoms with Gasteiger partial charge in [-0.15, -0.1) is 0 Å². The number of amides is 1. The van der Waals surface area contributed by atoms with Crippen LogP contribution in [0.5, 0.6) is 0 Å². The van der Waals surface area contributed by atoms with Crippen molar-refractivity contribution < 1.29 is 22.5 Å². The molecule has 0 spiro atoms. The molecule has 4 aromatic rings. The van der Waals surface area contributed by atoms with Gasteiger partial charge in [-0.25, -0.2) is 4.98 Å². The van der Waals surface area contributed by atoms with E-state index in [0.29, 0.717) is 11.1 Å². The predicted octanol–water partition coefficient (Wildman–Crippen LogP) is 5.10. The van der Waals surface area contributed by atoms with E-state index < -0.39 is 17.6 Å². The minimum absolute atomic E-state index is 0.00819. The molecule has 0 bridgehead atoms. The Labute approximate surface area is 175 Å². The van der Waals surface area contributed by atoms with Crippen molar-refractivity contribution in [2.45, 2.75) is 26.1 Å². The average molecular weight is 426 g/mol. The number of fused-ring (bicyclic) bond motifs is 1. The van der Waals surface area contributed by atoms with Gasteiger partial charge in [0.25, 0.3) is 11.6 Å². The van der Waals surface area contributed by atoms with Crippen LogP contribution in [0.1, 0.15) is 40.1 Å². The molecule has 0 aliphatic rings. The minimum Gasteiger partial charge on any atom is -0.345 e. The van der Waals surface area contributed by atoms with Crippen LogP contribution in [0.4, 0.5) is 13.2 Å². The quantitative estimate of drug-likeness (QED) is 0.491. The highest BCUT2D eigenvalue weighted by Gasteiger charge is 2.34. The number of carbonyl (C=O) groups is 1. The lowest BCUT2D eigenvalue weighted by Gasteiger charge is -2.16. The topological polar surface area (TPSA) is 80.9 Å². The van der Waals surface area contributed by atoms with E-state index in [9.17, 15) is 18.0 Å². The maximum Gasteiger partial charge on any atom is 0.417 e. The number of hydrogen-bond donors (Lipinski definition) is 1. The van der Waals surface area contributed by atoms with Crippen molar-refractivity contribution in [3.63, 3.8) is 0 Å². The second kappa shape index (κ2) is 7.82. The Kier molecular flexibility index (Phi) is 5.18. The van der Waals surface area contributed by atoms with Gasteiger partial charge in [0.05, 0.1) is 33.9 Å². The van der Waals surface area contributed by atoms with Crippen molar-refractivity contribution in [1.29, 1.82) is 0 Å². The fraction of sp³-hybridized carbons (Fsp3) is 0.182. The number of alkyl halides is 3. The first-order chi connectivity index (χ1) is 14.8. The molecule has 3 aromatic heterocycles. The van der Waals surface area contributed by atoms with Crippen molar-refractivity contribution in [1.82, 2.24) is 20.4 Å². The molecule has 1 aromatic carbocycles. The molecule has 1 atom stereocenters. The first-order valence-electron chi connectivity index (χ1n) is 9.40. The Hall–Kier alpha value is -3.75.